The van der Waals surface area contributed by atoms with Crippen LogP contribution in [0.25, 0.3) is 0 Å². The van der Waals surface area contributed by atoms with Gasteiger partial charge < -0.3 is 18.9 Å². The lowest BCUT2D eigenvalue weighted by Crippen LogP contribution is -2.54. The highest BCUT2D eigenvalue weighted by molar-refractivity contribution is 5.91. The molecule has 1 aliphatic heterocycles. The molecule has 4 rings (SSSR count). The van der Waals surface area contributed by atoms with E-state index in [1.165, 1.54) is 13.8 Å². The maximum absolute atomic E-state index is 13.7. The van der Waals surface area contributed by atoms with Crippen molar-refractivity contribution in [2.75, 3.05) is 6.61 Å². The second-order valence-corrected chi connectivity index (χ2v) is 10.5. The normalized spacial score (nSPS) is 29.2. The van der Waals surface area contributed by atoms with E-state index in [1.807, 2.05) is 26.8 Å². The number of ether oxygens (including phenoxy) is 4. The van der Waals surface area contributed by atoms with Crippen LogP contribution in [0.1, 0.15) is 96.4 Å². The zero-order chi connectivity index (χ0) is 24.3. The zero-order valence-electron chi connectivity index (χ0n) is 20.6. The molecule has 1 saturated carbocycles. The first-order chi connectivity index (χ1) is 15.5. The zero-order valence-corrected chi connectivity index (χ0v) is 20.6. The highest BCUT2D eigenvalue weighted by Gasteiger charge is 2.70. The highest BCUT2D eigenvalue weighted by atomic mass is 16.6. The van der Waals surface area contributed by atoms with Crippen molar-refractivity contribution >= 4 is 17.9 Å². The molecule has 2 bridgehead atoms. The summed E-state index contributed by atoms with van der Waals surface area (Å²) in [4.78, 5) is 38.1. The fraction of sp³-hybridized carbons (Fsp3) is 0.654. The Bertz CT molecular complexity index is 1010. The number of carbonyl (C=O) groups excluding carboxylic acids is 3. The molecule has 0 N–H and O–H groups in total. The van der Waals surface area contributed by atoms with Gasteiger partial charge in [-0.25, -0.2) is 0 Å². The Kier molecular flexibility index (Phi) is 5.84. The van der Waals surface area contributed by atoms with Crippen molar-refractivity contribution in [3.63, 3.8) is 0 Å². The van der Waals surface area contributed by atoms with Crippen LogP contribution in [0.2, 0.25) is 0 Å². The van der Waals surface area contributed by atoms with E-state index in [0.29, 0.717) is 18.6 Å². The van der Waals surface area contributed by atoms with Gasteiger partial charge in [-0.1, -0.05) is 34.1 Å². The molecule has 0 aromatic heterocycles. The van der Waals surface area contributed by atoms with Gasteiger partial charge in [-0.15, -0.1) is 0 Å². The molecule has 0 unspecified atom stereocenters. The largest absolute Gasteiger partial charge is 0.458 e. The fourth-order valence-electron chi connectivity index (χ4n) is 6.50. The Labute approximate surface area is 195 Å². The number of benzene rings is 1. The molecule has 7 nitrogen and oxygen atoms in total. The molecule has 3 aliphatic rings. The maximum Gasteiger partial charge on any atom is 0.317 e. The lowest BCUT2D eigenvalue weighted by Gasteiger charge is -2.52. The first-order valence-corrected chi connectivity index (χ1v) is 11.9. The van der Waals surface area contributed by atoms with E-state index in [0.717, 1.165) is 24.0 Å². The van der Waals surface area contributed by atoms with E-state index in [4.69, 9.17) is 18.9 Å². The molecule has 4 atom stereocenters. The highest BCUT2D eigenvalue weighted by Crippen LogP contribution is 2.67. The lowest BCUT2D eigenvalue weighted by molar-refractivity contribution is -0.150. The van der Waals surface area contributed by atoms with Crippen LogP contribution in [-0.2, 0) is 29.3 Å². The third-order valence-electron chi connectivity index (χ3n) is 7.51. The smallest absolute Gasteiger partial charge is 0.317 e. The van der Waals surface area contributed by atoms with Crippen LogP contribution in [0.15, 0.2) is 6.07 Å². The molecule has 1 saturated heterocycles. The van der Waals surface area contributed by atoms with Crippen LogP contribution >= 0.6 is 0 Å². The molecule has 1 heterocycles. The van der Waals surface area contributed by atoms with Crippen molar-refractivity contribution in [3.8, 4) is 11.5 Å². The molecule has 1 aromatic carbocycles. The van der Waals surface area contributed by atoms with Gasteiger partial charge in [-0.3, -0.25) is 14.4 Å². The van der Waals surface area contributed by atoms with Gasteiger partial charge in [0.25, 0.3) is 0 Å². The molecule has 33 heavy (non-hydrogen) atoms. The number of hydrogen-bond acceptors (Lipinski definition) is 7. The topological polar surface area (TPSA) is 88.1 Å². The van der Waals surface area contributed by atoms with Gasteiger partial charge in [0.1, 0.15) is 17.6 Å². The monoisotopic (exact) mass is 458 g/mol. The first-order valence-electron chi connectivity index (χ1n) is 11.9. The van der Waals surface area contributed by atoms with E-state index >= 15 is 0 Å². The summed E-state index contributed by atoms with van der Waals surface area (Å²) in [5.41, 5.74) is 0.922. The summed E-state index contributed by atoms with van der Waals surface area (Å²) in [5.74, 6) is -1.20. The van der Waals surface area contributed by atoms with Crippen LogP contribution in [0.5, 0.6) is 11.5 Å². The van der Waals surface area contributed by atoms with Gasteiger partial charge in [0.2, 0.25) is 0 Å². The minimum absolute atomic E-state index is 0.0338. The van der Waals surface area contributed by atoms with Crippen molar-refractivity contribution in [1.29, 1.82) is 0 Å². The predicted octanol–water partition coefficient (Wildman–Crippen LogP) is 4.74. The summed E-state index contributed by atoms with van der Waals surface area (Å²) >= 11 is 0. The summed E-state index contributed by atoms with van der Waals surface area (Å²) in [7, 11) is 0. The van der Waals surface area contributed by atoms with Crippen molar-refractivity contribution in [2.45, 2.75) is 91.3 Å². The number of rotatable bonds is 5. The second kappa shape index (κ2) is 8.12. The second-order valence-electron chi connectivity index (χ2n) is 10.5. The lowest BCUT2D eigenvalue weighted by atomic mass is 9.49. The average Bonchev–Trinajstić information content (AvgIpc) is 2.95. The molecule has 0 radical (unpaired) electrons. The van der Waals surface area contributed by atoms with Gasteiger partial charge in [-0.05, 0) is 42.7 Å². The number of carbonyl (C=O) groups is 3. The van der Waals surface area contributed by atoms with Gasteiger partial charge in [0, 0.05) is 37.5 Å². The molecule has 7 heteroatoms. The Hall–Kier alpha value is -2.41. The summed E-state index contributed by atoms with van der Waals surface area (Å²) in [6, 6.07) is 1.96. The first kappa shape index (κ1) is 23.7. The third-order valence-corrected chi connectivity index (χ3v) is 7.51. The van der Waals surface area contributed by atoms with Gasteiger partial charge in [0.05, 0.1) is 0 Å². The van der Waals surface area contributed by atoms with Crippen LogP contribution in [-0.4, -0.2) is 30.6 Å². The quantitative estimate of drug-likeness (QED) is 0.465. The Morgan fingerprint density at radius 3 is 2.33 bits per heavy atom. The maximum atomic E-state index is 13.7. The standard InChI is InChI=1S/C26H34O7/c1-8-30-19-17-12-16(13(2)3)20(31-14(4)27)21(32-15(5)28)18(17)26-11-9-10-25(6,7)23(26)22(19)33-24(26)29/h12-13,19,22-23H,8-11H2,1-7H3/t19-,22+,23+,26-/m0/s1. The van der Waals surface area contributed by atoms with E-state index in [2.05, 4.69) is 13.8 Å². The third kappa shape index (κ3) is 3.47. The minimum atomic E-state index is -0.982. The minimum Gasteiger partial charge on any atom is -0.458 e. The van der Waals surface area contributed by atoms with Crippen LogP contribution in [0.4, 0.5) is 0 Å². The van der Waals surface area contributed by atoms with Gasteiger partial charge in [-0.2, -0.15) is 0 Å². The van der Waals surface area contributed by atoms with E-state index < -0.39 is 29.6 Å². The summed E-state index contributed by atoms with van der Waals surface area (Å²) in [6.07, 6.45) is 1.44. The molecule has 1 aromatic rings. The predicted molar refractivity (Wildman–Crippen MR) is 120 cm³/mol. The van der Waals surface area contributed by atoms with Crippen LogP contribution in [0.3, 0.4) is 0 Å². The van der Waals surface area contributed by atoms with Crippen molar-refractivity contribution < 1.29 is 33.3 Å². The van der Waals surface area contributed by atoms with Crippen molar-refractivity contribution in [3.05, 3.63) is 22.8 Å². The summed E-state index contributed by atoms with van der Waals surface area (Å²) in [6.45, 7) is 13.2. The molecule has 0 amide bonds. The molecular weight excluding hydrogens is 424 g/mol. The molecule has 2 aliphatic carbocycles. The van der Waals surface area contributed by atoms with Crippen LogP contribution in [0, 0.1) is 11.3 Å². The van der Waals surface area contributed by atoms with Crippen LogP contribution < -0.4 is 9.47 Å². The number of esters is 3. The van der Waals surface area contributed by atoms with Gasteiger partial charge >= 0.3 is 17.9 Å². The Morgan fingerprint density at radius 2 is 1.76 bits per heavy atom. The van der Waals surface area contributed by atoms with E-state index in [9.17, 15) is 14.4 Å². The van der Waals surface area contributed by atoms with E-state index in [1.54, 1.807) is 0 Å². The Balaban J connectivity index is 2.14. The number of hydrogen-bond donors (Lipinski definition) is 0. The number of fused-ring (bicyclic) bond motifs is 1. The van der Waals surface area contributed by atoms with Crippen molar-refractivity contribution in [2.24, 2.45) is 11.3 Å². The summed E-state index contributed by atoms with van der Waals surface area (Å²) in [5, 5.41) is 0. The summed E-state index contributed by atoms with van der Waals surface area (Å²) < 4.78 is 23.7. The molecule has 2 fully saturated rings. The van der Waals surface area contributed by atoms with Crippen molar-refractivity contribution in [1.82, 2.24) is 0 Å². The fourth-order valence-corrected chi connectivity index (χ4v) is 6.50. The molecule has 0 spiro atoms. The molecular formula is C26H34O7. The average molecular weight is 459 g/mol. The molecule has 180 valence electrons. The Morgan fingerprint density at radius 1 is 1.12 bits per heavy atom. The SMILES string of the molecule is CCO[C@H]1c2cc(C(C)C)c(OC(C)=O)c(OC(C)=O)c2[C@@]23CCCC(C)(C)[C@H]2[C@@H]1OC3=O. The van der Waals surface area contributed by atoms with Gasteiger partial charge in [0.15, 0.2) is 11.5 Å². The van der Waals surface area contributed by atoms with E-state index in [-0.39, 0.29) is 34.7 Å².